The van der Waals surface area contributed by atoms with Crippen LogP contribution in [-0.4, -0.2) is 7.05 Å². The molecule has 0 bridgehead atoms. The van der Waals surface area contributed by atoms with E-state index in [2.05, 4.69) is 36.6 Å². The zero-order chi connectivity index (χ0) is 9.60. The van der Waals surface area contributed by atoms with Gasteiger partial charge in [0.2, 0.25) is 0 Å². The van der Waals surface area contributed by atoms with Crippen molar-refractivity contribution in [3.8, 4) is 0 Å². The highest BCUT2D eigenvalue weighted by molar-refractivity contribution is 5.85. The fourth-order valence-corrected chi connectivity index (χ4v) is 3.57. The van der Waals surface area contributed by atoms with E-state index in [-0.39, 0.29) is 12.4 Å². The Morgan fingerprint density at radius 3 is 2.93 bits per heavy atom. The number of fused-ring (bicyclic) bond motifs is 3. The Balaban J connectivity index is 0.000000853. The molecule has 2 heteroatoms. The first kappa shape index (κ1) is 11.0. The first-order valence-corrected chi connectivity index (χ1v) is 5.64. The molecule has 0 aliphatic heterocycles. The second-order valence-corrected chi connectivity index (χ2v) is 4.67. The lowest BCUT2D eigenvalue weighted by atomic mass is 9.86. The summed E-state index contributed by atoms with van der Waals surface area (Å²) in [6.45, 7) is 0. The van der Waals surface area contributed by atoms with Crippen LogP contribution in [0, 0.1) is 5.92 Å². The molecule has 2 aliphatic rings. The molecule has 1 nitrogen and oxygen atoms in total. The Bertz CT molecular complexity index is 363. The van der Waals surface area contributed by atoms with E-state index < -0.39 is 0 Å². The van der Waals surface area contributed by atoms with Crippen LogP contribution in [0.15, 0.2) is 24.3 Å². The second-order valence-electron chi connectivity index (χ2n) is 4.67. The van der Waals surface area contributed by atoms with Crippen molar-refractivity contribution < 1.29 is 0 Å². The quantitative estimate of drug-likeness (QED) is 0.772. The second kappa shape index (κ2) is 3.80. The third kappa shape index (κ3) is 1.33. The van der Waals surface area contributed by atoms with Crippen LogP contribution >= 0.6 is 12.4 Å². The van der Waals surface area contributed by atoms with Gasteiger partial charge in [-0.05, 0) is 43.4 Å². The predicted octanol–water partition coefficient (Wildman–Crippen LogP) is 2.88. The van der Waals surface area contributed by atoms with Gasteiger partial charge in [-0.15, -0.1) is 12.4 Å². The number of rotatable bonds is 1. The number of hydrogen-bond acceptors (Lipinski definition) is 1. The van der Waals surface area contributed by atoms with E-state index in [1.807, 2.05) is 0 Å². The zero-order valence-electron chi connectivity index (χ0n) is 9.12. The molecule has 1 fully saturated rings. The van der Waals surface area contributed by atoms with Crippen molar-refractivity contribution in [2.45, 2.75) is 31.2 Å². The molecule has 15 heavy (non-hydrogen) atoms. The summed E-state index contributed by atoms with van der Waals surface area (Å²) >= 11 is 0. The molecule has 82 valence electrons. The highest BCUT2D eigenvalue weighted by Gasteiger charge is 2.48. The van der Waals surface area contributed by atoms with Crippen LogP contribution in [0.2, 0.25) is 0 Å². The molecule has 0 amide bonds. The van der Waals surface area contributed by atoms with E-state index in [9.17, 15) is 0 Å². The molecule has 0 radical (unpaired) electrons. The summed E-state index contributed by atoms with van der Waals surface area (Å²) in [5.41, 5.74) is 3.48. The molecule has 3 rings (SSSR count). The van der Waals surface area contributed by atoms with Crippen LogP contribution in [0.5, 0.6) is 0 Å². The maximum absolute atomic E-state index is 3.60. The van der Waals surface area contributed by atoms with Crippen LogP contribution in [0.4, 0.5) is 0 Å². The summed E-state index contributed by atoms with van der Waals surface area (Å²) in [6.07, 6.45) is 5.40. The molecule has 0 heterocycles. The van der Waals surface area contributed by atoms with Crippen LogP contribution in [0.25, 0.3) is 0 Å². The largest absolute Gasteiger partial charge is 0.310 e. The van der Waals surface area contributed by atoms with Crippen molar-refractivity contribution in [1.82, 2.24) is 5.32 Å². The van der Waals surface area contributed by atoms with Crippen molar-refractivity contribution in [1.29, 1.82) is 0 Å². The summed E-state index contributed by atoms with van der Waals surface area (Å²) in [7, 11) is 2.13. The Kier molecular flexibility index (Phi) is 2.78. The Labute approximate surface area is 97.7 Å². The molecule has 0 aromatic heterocycles. The molecule has 0 spiro atoms. The highest BCUT2D eigenvalue weighted by Crippen LogP contribution is 2.51. The number of halogens is 1. The molecule has 1 N–H and O–H groups in total. The van der Waals surface area contributed by atoms with Gasteiger partial charge < -0.3 is 5.32 Å². The minimum atomic E-state index is 0. The number of hydrogen-bond donors (Lipinski definition) is 1. The van der Waals surface area contributed by atoms with E-state index in [1.54, 1.807) is 11.1 Å². The van der Waals surface area contributed by atoms with Crippen LogP contribution in [0.3, 0.4) is 0 Å². The third-order valence-electron chi connectivity index (χ3n) is 4.23. The van der Waals surface area contributed by atoms with Gasteiger partial charge in [-0.2, -0.15) is 0 Å². The van der Waals surface area contributed by atoms with E-state index in [4.69, 9.17) is 0 Å². The van der Waals surface area contributed by atoms with Crippen molar-refractivity contribution in [3.05, 3.63) is 35.4 Å². The van der Waals surface area contributed by atoms with Gasteiger partial charge in [-0.25, -0.2) is 0 Å². The molecule has 0 unspecified atom stereocenters. The van der Waals surface area contributed by atoms with Gasteiger partial charge in [0, 0.05) is 5.54 Å². The monoisotopic (exact) mass is 223 g/mol. The summed E-state index contributed by atoms with van der Waals surface area (Å²) in [4.78, 5) is 0. The van der Waals surface area contributed by atoms with Gasteiger partial charge in [-0.3, -0.25) is 0 Å². The first-order valence-electron chi connectivity index (χ1n) is 5.64. The van der Waals surface area contributed by atoms with E-state index in [0.717, 1.165) is 5.92 Å². The first-order chi connectivity index (χ1) is 6.87. The van der Waals surface area contributed by atoms with Crippen molar-refractivity contribution in [2.24, 2.45) is 5.92 Å². The van der Waals surface area contributed by atoms with Gasteiger partial charge in [0.05, 0.1) is 0 Å². The van der Waals surface area contributed by atoms with Gasteiger partial charge in [0.15, 0.2) is 0 Å². The topological polar surface area (TPSA) is 12.0 Å². The molecule has 1 aromatic carbocycles. The molecular weight excluding hydrogens is 206 g/mol. The number of benzene rings is 1. The van der Waals surface area contributed by atoms with Crippen molar-refractivity contribution in [2.75, 3.05) is 7.05 Å². The summed E-state index contributed by atoms with van der Waals surface area (Å²) in [6, 6.07) is 8.96. The lowest BCUT2D eigenvalue weighted by Crippen LogP contribution is -2.40. The number of nitrogens with one attached hydrogen (secondary N) is 1. The fraction of sp³-hybridized carbons (Fsp3) is 0.538. The SMILES string of the molecule is CN[C@]12CCC[C@H]1Cc1ccccc12.Cl. The molecule has 2 atom stereocenters. The van der Waals surface area contributed by atoms with Crippen molar-refractivity contribution >= 4 is 12.4 Å². The average molecular weight is 224 g/mol. The normalized spacial score (nSPS) is 31.9. The van der Waals surface area contributed by atoms with Gasteiger partial charge in [0.25, 0.3) is 0 Å². The van der Waals surface area contributed by atoms with Gasteiger partial charge in [-0.1, -0.05) is 30.7 Å². The molecule has 0 saturated heterocycles. The Hall–Kier alpha value is -0.530. The summed E-state index contributed by atoms with van der Waals surface area (Å²) in [5.74, 6) is 0.852. The van der Waals surface area contributed by atoms with E-state index >= 15 is 0 Å². The van der Waals surface area contributed by atoms with Crippen LogP contribution < -0.4 is 5.32 Å². The van der Waals surface area contributed by atoms with Crippen molar-refractivity contribution in [3.63, 3.8) is 0 Å². The molecule has 1 aromatic rings. The molecule has 1 saturated carbocycles. The average Bonchev–Trinajstić information content (AvgIpc) is 2.73. The fourth-order valence-electron chi connectivity index (χ4n) is 3.57. The molecule has 2 aliphatic carbocycles. The van der Waals surface area contributed by atoms with Gasteiger partial charge in [0.1, 0.15) is 0 Å². The maximum atomic E-state index is 3.60. The predicted molar refractivity (Wildman–Crippen MR) is 65.5 cm³/mol. The standard InChI is InChI=1S/C13H17N.ClH/c1-14-13-8-4-6-11(13)9-10-5-2-3-7-12(10)13;/h2-3,5,7,11,14H,4,6,8-9H2,1H3;1H/t11-,13+;/m0./s1. The maximum Gasteiger partial charge on any atom is 0.0466 e. The lowest BCUT2D eigenvalue weighted by molar-refractivity contribution is 0.292. The van der Waals surface area contributed by atoms with E-state index in [0.29, 0.717) is 5.54 Å². The summed E-state index contributed by atoms with van der Waals surface area (Å²) < 4.78 is 0. The minimum absolute atomic E-state index is 0. The zero-order valence-corrected chi connectivity index (χ0v) is 9.94. The highest BCUT2D eigenvalue weighted by atomic mass is 35.5. The Morgan fingerprint density at radius 1 is 1.33 bits per heavy atom. The lowest BCUT2D eigenvalue weighted by Gasteiger charge is -2.30. The Morgan fingerprint density at radius 2 is 2.13 bits per heavy atom. The third-order valence-corrected chi connectivity index (χ3v) is 4.23. The van der Waals surface area contributed by atoms with Crippen LogP contribution in [-0.2, 0) is 12.0 Å². The summed E-state index contributed by atoms with van der Waals surface area (Å²) in [5, 5.41) is 3.60. The van der Waals surface area contributed by atoms with Gasteiger partial charge >= 0.3 is 0 Å². The smallest absolute Gasteiger partial charge is 0.0466 e. The van der Waals surface area contributed by atoms with E-state index in [1.165, 1.54) is 25.7 Å². The van der Waals surface area contributed by atoms with Crippen LogP contribution in [0.1, 0.15) is 30.4 Å². The molecular formula is C13H18ClN. The minimum Gasteiger partial charge on any atom is -0.310 e.